The highest BCUT2D eigenvalue weighted by molar-refractivity contribution is 7.13. The number of aromatic carboxylic acids is 1. The number of thiophene rings is 1. The van der Waals surface area contributed by atoms with Gasteiger partial charge in [0.25, 0.3) is 0 Å². The summed E-state index contributed by atoms with van der Waals surface area (Å²) in [6.45, 7) is 1.99. The third-order valence-corrected chi connectivity index (χ3v) is 4.38. The molecule has 1 N–H and O–H groups in total. The van der Waals surface area contributed by atoms with Crippen LogP contribution in [0.1, 0.15) is 15.9 Å². The number of aryl methyl sites for hydroxylation is 1. The van der Waals surface area contributed by atoms with Gasteiger partial charge in [-0.1, -0.05) is 0 Å². The Hall–Kier alpha value is -2.40. The predicted molar refractivity (Wildman–Crippen MR) is 83.3 cm³/mol. The zero-order chi connectivity index (χ0) is 15.0. The van der Waals surface area contributed by atoms with E-state index in [-0.39, 0.29) is 5.56 Å². The highest BCUT2D eigenvalue weighted by Gasteiger charge is 2.15. The average Bonchev–Trinajstić information content (AvgIpc) is 2.91. The molecule has 106 valence electrons. The van der Waals surface area contributed by atoms with E-state index in [1.54, 1.807) is 42.7 Å². The normalized spacial score (nSPS) is 10.8. The Morgan fingerprint density at radius 2 is 2.10 bits per heavy atom. The van der Waals surface area contributed by atoms with Gasteiger partial charge in [0.1, 0.15) is 5.75 Å². The quantitative estimate of drug-likeness (QED) is 0.794. The number of aromatic nitrogens is 1. The summed E-state index contributed by atoms with van der Waals surface area (Å²) in [4.78, 5) is 17.1. The molecule has 0 radical (unpaired) electrons. The average molecular weight is 299 g/mol. The number of carboxylic acid groups (broad SMARTS) is 1. The molecule has 3 aromatic rings. The molecule has 5 heteroatoms. The number of pyridine rings is 1. The van der Waals surface area contributed by atoms with Gasteiger partial charge < -0.3 is 9.84 Å². The summed E-state index contributed by atoms with van der Waals surface area (Å²) in [5.74, 6) is -0.297. The highest BCUT2D eigenvalue weighted by Crippen LogP contribution is 2.32. The van der Waals surface area contributed by atoms with Crippen molar-refractivity contribution in [3.05, 3.63) is 46.8 Å². The maximum absolute atomic E-state index is 11.5. The summed E-state index contributed by atoms with van der Waals surface area (Å²) < 4.78 is 5.19. The van der Waals surface area contributed by atoms with Crippen LogP contribution in [0.5, 0.6) is 5.75 Å². The Labute approximate surface area is 125 Å². The van der Waals surface area contributed by atoms with Crippen molar-refractivity contribution in [1.82, 2.24) is 4.98 Å². The van der Waals surface area contributed by atoms with E-state index in [9.17, 15) is 9.90 Å². The Kier molecular flexibility index (Phi) is 3.35. The van der Waals surface area contributed by atoms with Crippen molar-refractivity contribution in [1.29, 1.82) is 0 Å². The van der Waals surface area contributed by atoms with Gasteiger partial charge in [-0.05, 0) is 42.1 Å². The number of hydrogen-bond donors (Lipinski definition) is 1. The van der Waals surface area contributed by atoms with Crippen LogP contribution >= 0.6 is 11.3 Å². The summed E-state index contributed by atoms with van der Waals surface area (Å²) in [6, 6.07) is 8.87. The fourth-order valence-electron chi connectivity index (χ4n) is 2.26. The standard InChI is InChI=1S/C16H13NO3S/c1-9-5-6-21-15(9)14-8-12(16(18)19)11-4-3-10(20-2)7-13(11)17-14/h3-8H,1-2H3,(H,18,19). The molecule has 0 aliphatic carbocycles. The number of carboxylic acids is 1. The molecule has 0 unspecified atom stereocenters. The lowest BCUT2D eigenvalue weighted by Gasteiger charge is -2.08. The summed E-state index contributed by atoms with van der Waals surface area (Å²) in [7, 11) is 1.58. The van der Waals surface area contributed by atoms with Crippen LogP contribution in [0.3, 0.4) is 0 Å². The Bertz CT molecular complexity index is 839. The summed E-state index contributed by atoms with van der Waals surface area (Å²) in [5.41, 5.74) is 2.65. The fraction of sp³-hybridized carbons (Fsp3) is 0.125. The molecule has 0 saturated heterocycles. The third-order valence-electron chi connectivity index (χ3n) is 3.34. The van der Waals surface area contributed by atoms with Gasteiger partial charge in [-0.15, -0.1) is 11.3 Å². The Morgan fingerprint density at radius 1 is 1.29 bits per heavy atom. The van der Waals surface area contributed by atoms with E-state index in [0.29, 0.717) is 22.3 Å². The molecule has 0 bridgehead atoms. The van der Waals surface area contributed by atoms with Crippen molar-refractivity contribution in [2.24, 2.45) is 0 Å². The first-order valence-electron chi connectivity index (χ1n) is 6.36. The van der Waals surface area contributed by atoms with E-state index < -0.39 is 5.97 Å². The molecule has 2 aromatic heterocycles. The smallest absolute Gasteiger partial charge is 0.336 e. The molecular formula is C16H13NO3S. The van der Waals surface area contributed by atoms with Crippen molar-refractivity contribution in [3.63, 3.8) is 0 Å². The van der Waals surface area contributed by atoms with Gasteiger partial charge >= 0.3 is 5.97 Å². The lowest BCUT2D eigenvalue weighted by Crippen LogP contribution is -2.00. The number of hydrogen-bond acceptors (Lipinski definition) is 4. The topological polar surface area (TPSA) is 59.4 Å². The van der Waals surface area contributed by atoms with Crippen LogP contribution < -0.4 is 4.74 Å². The minimum absolute atomic E-state index is 0.255. The number of methoxy groups -OCH3 is 1. The molecule has 0 aliphatic heterocycles. The van der Waals surface area contributed by atoms with E-state index in [4.69, 9.17) is 4.74 Å². The van der Waals surface area contributed by atoms with Crippen molar-refractivity contribution < 1.29 is 14.6 Å². The molecule has 2 heterocycles. The molecule has 1 aromatic carbocycles. The highest BCUT2D eigenvalue weighted by atomic mass is 32.1. The second-order valence-corrected chi connectivity index (χ2v) is 5.59. The summed E-state index contributed by atoms with van der Waals surface area (Å²) in [5, 5.41) is 12.0. The molecule has 21 heavy (non-hydrogen) atoms. The number of carbonyl (C=O) groups is 1. The van der Waals surface area contributed by atoms with E-state index >= 15 is 0 Å². The van der Waals surface area contributed by atoms with Crippen LogP contribution in [0.4, 0.5) is 0 Å². The number of fused-ring (bicyclic) bond motifs is 1. The molecular weight excluding hydrogens is 286 g/mol. The van der Waals surface area contributed by atoms with Gasteiger partial charge in [0.05, 0.1) is 28.8 Å². The second-order valence-electron chi connectivity index (χ2n) is 4.68. The summed E-state index contributed by atoms with van der Waals surface area (Å²) in [6.07, 6.45) is 0. The lowest BCUT2D eigenvalue weighted by atomic mass is 10.1. The lowest BCUT2D eigenvalue weighted by molar-refractivity contribution is 0.0699. The monoisotopic (exact) mass is 299 g/mol. The fourth-order valence-corrected chi connectivity index (χ4v) is 3.15. The maximum atomic E-state index is 11.5. The molecule has 0 saturated carbocycles. The number of benzene rings is 1. The first-order valence-corrected chi connectivity index (χ1v) is 7.24. The van der Waals surface area contributed by atoms with E-state index in [0.717, 1.165) is 10.4 Å². The minimum Gasteiger partial charge on any atom is -0.497 e. The van der Waals surface area contributed by atoms with Crippen LogP contribution in [0.25, 0.3) is 21.5 Å². The molecule has 0 fully saturated rings. The van der Waals surface area contributed by atoms with Crippen LogP contribution in [0.15, 0.2) is 35.7 Å². The molecule has 0 atom stereocenters. The number of nitrogens with zero attached hydrogens (tertiary/aromatic N) is 1. The Balaban J connectivity index is 2.32. The molecule has 3 rings (SSSR count). The van der Waals surface area contributed by atoms with Crippen molar-refractivity contribution in [3.8, 4) is 16.3 Å². The van der Waals surface area contributed by atoms with Crippen LogP contribution in [-0.4, -0.2) is 23.2 Å². The minimum atomic E-state index is -0.956. The first kappa shape index (κ1) is 13.6. The molecule has 0 amide bonds. The zero-order valence-corrected chi connectivity index (χ0v) is 12.4. The van der Waals surface area contributed by atoms with Crippen molar-refractivity contribution in [2.75, 3.05) is 7.11 Å². The van der Waals surface area contributed by atoms with Gasteiger partial charge in [0, 0.05) is 11.5 Å². The van der Waals surface area contributed by atoms with Crippen LogP contribution in [0, 0.1) is 6.92 Å². The van der Waals surface area contributed by atoms with E-state index in [1.807, 2.05) is 18.4 Å². The van der Waals surface area contributed by atoms with Gasteiger partial charge in [0.15, 0.2) is 0 Å². The van der Waals surface area contributed by atoms with Crippen molar-refractivity contribution >= 4 is 28.2 Å². The van der Waals surface area contributed by atoms with E-state index in [1.165, 1.54) is 0 Å². The molecule has 0 aliphatic rings. The zero-order valence-electron chi connectivity index (χ0n) is 11.6. The third kappa shape index (κ3) is 2.36. The van der Waals surface area contributed by atoms with E-state index in [2.05, 4.69) is 4.98 Å². The summed E-state index contributed by atoms with van der Waals surface area (Å²) >= 11 is 1.55. The molecule has 0 spiro atoms. The van der Waals surface area contributed by atoms with Gasteiger partial charge in [-0.3, -0.25) is 0 Å². The number of ether oxygens (including phenoxy) is 1. The van der Waals surface area contributed by atoms with Crippen molar-refractivity contribution in [2.45, 2.75) is 6.92 Å². The van der Waals surface area contributed by atoms with Gasteiger partial charge in [0.2, 0.25) is 0 Å². The number of rotatable bonds is 3. The predicted octanol–water partition coefficient (Wildman–Crippen LogP) is 3.98. The first-order chi connectivity index (χ1) is 10.1. The van der Waals surface area contributed by atoms with Gasteiger partial charge in [-0.25, -0.2) is 9.78 Å². The largest absolute Gasteiger partial charge is 0.497 e. The van der Waals surface area contributed by atoms with Crippen LogP contribution in [-0.2, 0) is 0 Å². The SMILES string of the molecule is COc1ccc2c(C(=O)O)cc(-c3sccc3C)nc2c1. The second kappa shape index (κ2) is 5.18. The Morgan fingerprint density at radius 3 is 2.71 bits per heavy atom. The van der Waals surface area contributed by atoms with Crippen LogP contribution in [0.2, 0.25) is 0 Å². The molecule has 4 nitrogen and oxygen atoms in total. The maximum Gasteiger partial charge on any atom is 0.336 e. The van der Waals surface area contributed by atoms with Gasteiger partial charge in [-0.2, -0.15) is 0 Å².